The highest BCUT2D eigenvalue weighted by molar-refractivity contribution is 6.21. The molecule has 1 saturated heterocycles. The van der Waals surface area contributed by atoms with Crippen LogP contribution in [0.3, 0.4) is 0 Å². The van der Waals surface area contributed by atoms with Gasteiger partial charge in [-0.05, 0) is 69.1 Å². The van der Waals surface area contributed by atoms with Crippen molar-refractivity contribution in [2.75, 3.05) is 27.3 Å². The first kappa shape index (κ1) is 27.8. The van der Waals surface area contributed by atoms with Gasteiger partial charge in [-0.3, -0.25) is 24.2 Å². The molecule has 218 valence electrons. The predicted molar refractivity (Wildman–Crippen MR) is 155 cm³/mol. The van der Waals surface area contributed by atoms with Crippen molar-refractivity contribution < 1.29 is 23.9 Å². The summed E-state index contributed by atoms with van der Waals surface area (Å²) in [5.41, 5.74) is 1.89. The van der Waals surface area contributed by atoms with E-state index in [2.05, 4.69) is 9.80 Å². The molecule has 3 fully saturated rings. The maximum atomic E-state index is 14.6. The molecule has 41 heavy (non-hydrogen) atoms. The molecule has 0 unspecified atom stereocenters. The summed E-state index contributed by atoms with van der Waals surface area (Å²) in [6.07, 6.45) is 9.38. The zero-order valence-electron chi connectivity index (χ0n) is 24.2. The predicted octanol–water partition coefficient (Wildman–Crippen LogP) is 4.90. The van der Waals surface area contributed by atoms with Crippen molar-refractivity contribution in [1.82, 2.24) is 14.7 Å². The van der Waals surface area contributed by atoms with Gasteiger partial charge in [-0.2, -0.15) is 0 Å². The van der Waals surface area contributed by atoms with Crippen LogP contribution in [-0.2, 0) is 11.3 Å². The number of benzene rings is 2. The van der Waals surface area contributed by atoms with Crippen molar-refractivity contribution in [3.05, 3.63) is 59.2 Å². The van der Waals surface area contributed by atoms with Crippen LogP contribution in [0.15, 0.2) is 42.5 Å². The number of hydrogen-bond donors (Lipinski definition) is 0. The number of amides is 3. The van der Waals surface area contributed by atoms with Gasteiger partial charge in [0.25, 0.3) is 11.8 Å². The Morgan fingerprint density at radius 1 is 0.927 bits per heavy atom. The van der Waals surface area contributed by atoms with Gasteiger partial charge in [0.2, 0.25) is 5.91 Å². The molecule has 2 aromatic carbocycles. The number of methoxy groups -OCH3 is 2. The quantitative estimate of drug-likeness (QED) is 0.385. The van der Waals surface area contributed by atoms with E-state index in [1.807, 2.05) is 18.2 Å². The van der Waals surface area contributed by atoms with Gasteiger partial charge in [-0.1, -0.05) is 31.0 Å². The summed E-state index contributed by atoms with van der Waals surface area (Å²) in [5.74, 6) is 1.64. The number of fused-ring (bicyclic) bond motifs is 2. The second-order valence-corrected chi connectivity index (χ2v) is 12.0. The molecule has 2 aromatic rings. The van der Waals surface area contributed by atoms with Gasteiger partial charge in [-0.15, -0.1) is 0 Å². The number of carbonyl (C=O) groups excluding carboxylic acids is 3. The fourth-order valence-electron chi connectivity index (χ4n) is 7.29. The molecule has 0 aromatic heterocycles. The van der Waals surface area contributed by atoms with Crippen LogP contribution in [0.1, 0.15) is 84.1 Å². The van der Waals surface area contributed by atoms with Crippen molar-refractivity contribution in [2.45, 2.75) is 82.5 Å². The Bertz CT molecular complexity index is 1270. The van der Waals surface area contributed by atoms with Crippen LogP contribution < -0.4 is 9.47 Å². The summed E-state index contributed by atoms with van der Waals surface area (Å²) >= 11 is 0. The monoisotopic (exact) mass is 559 g/mol. The smallest absolute Gasteiger partial charge is 0.261 e. The number of nitrogens with zero attached hydrogens (tertiary/aromatic N) is 3. The number of hydrogen-bond acceptors (Lipinski definition) is 6. The second kappa shape index (κ2) is 11.8. The Kier molecular flexibility index (Phi) is 8.02. The highest BCUT2D eigenvalue weighted by Gasteiger charge is 2.44. The van der Waals surface area contributed by atoms with E-state index in [1.54, 1.807) is 38.5 Å². The van der Waals surface area contributed by atoms with Crippen molar-refractivity contribution in [2.24, 2.45) is 5.92 Å². The van der Waals surface area contributed by atoms with Crippen LogP contribution >= 0.6 is 0 Å². The van der Waals surface area contributed by atoms with Gasteiger partial charge in [-0.25, -0.2) is 0 Å². The van der Waals surface area contributed by atoms with Crippen molar-refractivity contribution in [3.63, 3.8) is 0 Å². The van der Waals surface area contributed by atoms with Crippen LogP contribution in [0.25, 0.3) is 0 Å². The standard InChI is InChI=1S/C33H41N3O5/c1-40-25-16-13-23(30(20-25)41-2)21-36(24-14-15-24)29(33(39)34-18-7-9-22-8-3-6-12-28(22)34)17-19-35-31(37)26-10-4-5-11-27(26)32(35)38/h4-5,10-11,13,16,20,22,24,28-29H,3,6-9,12,14-15,17-19,21H2,1-2H3/t22-,28+,29-/m1/s1. The summed E-state index contributed by atoms with van der Waals surface area (Å²) in [7, 11) is 3.29. The first-order valence-corrected chi connectivity index (χ1v) is 15.2. The fraction of sp³-hybridized carbons (Fsp3) is 0.545. The molecule has 4 aliphatic rings. The largest absolute Gasteiger partial charge is 0.497 e. The highest BCUT2D eigenvalue weighted by atomic mass is 16.5. The topological polar surface area (TPSA) is 79.4 Å². The Morgan fingerprint density at radius 3 is 2.32 bits per heavy atom. The molecule has 0 bridgehead atoms. The van der Waals surface area contributed by atoms with Gasteiger partial charge >= 0.3 is 0 Å². The van der Waals surface area contributed by atoms with Crippen LogP contribution in [0, 0.1) is 5.92 Å². The van der Waals surface area contributed by atoms with Gasteiger partial charge in [0, 0.05) is 43.3 Å². The number of piperidine rings is 1. The van der Waals surface area contributed by atoms with Crippen molar-refractivity contribution in [3.8, 4) is 11.5 Å². The normalized spacial score (nSPS) is 22.9. The molecule has 8 heteroatoms. The van der Waals surface area contributed by atoms with Gasteiger partial charge in [0.05, 0.1) is 31.4 Å². The third-order valence-electron chi connectivity index (χ3n) is 9.58. The highest BCUT2D eigenvalue weighted by Crippen LogP contribution is 2.39. The maximum absolute atomic E-state index is 14.6. The lowest BCUT2D eigenvalue weighted by Crippen LogP contribution is -2.57. The zero-order chi connectivity index (χ0) is 28.5. The summed E-state index contributed by atoms with van der Waals surface area (Å²) in [4.78, 5) is 46.8. The van der Waals surface area contributed by atoms with Gasteiger partial charge < -0.3 is 14.4 Å². The molecule has 3 amide bonds. The molecule has 0 spiro atoms. The zero-order valence-corrected chi connectivity index (χ0v) is 24.2. The van der Waals surface area contributed by atoms with Gasteiger partial charge in [0.1, 0.15) is 11.5 Å². The lowest BCUT2D eigenvalue weighted by molar-refractivity contribution is -0.144. The lowest BCUT2D eigenvalue weighted by Gasteiger charge is -2.46. The number of rotatable bonds is 10. The molecule has 0 radical (unpaired) electrons. The molecule has 2 saturated carbocycles. The van der Waals surface area contributed by atoms with E-state index in [9.17, 15) is 14.4 Å². The third kappa shape index (κ3) is 5.46. The summed E-state index contributed by atoms with van der Waals surface area (Å²) < 4.78 is 11.1. The minimum atomic E-state index is -0.431. The van der Waals surface area contributed by atoms with Crippen molar-refractivity contribution in [1.29, 1.82) is 0 Å². The van der Waals surface area contributed by atoms with E-state index in [-0.39, 0.29) is 30.3 Å². The van der Waals surface area contributed by atoms with E-state index in [0.717, 1.165) is 49.3 Å². The van der Waals surface area contributed by atoms with E-state index < -0.39 is 6.04 Å². The maximum Gasteiger partial charge on any atom is 0.261 e. The average Bonchev–Trinajstić information content (AvgIpc) is 3.83. The SMILES string of the molecule is COc1ccc(CN(C2CC2)[C@H](CCN2C(=O)c3ccccc3C2=O)C(=O)N2CCC[C@H]3CCCC[C@@H]32)c(OC)c1. The number of likely N-dealkylation sites (tertiary alicyclic amines) is 1. The Morgan fingerprint density at radius 2 is 1.63 bits per heavy atom. The lowest BCUT2D eigenvalue weighted by atomic mass is 9.78. The summed E-state index contributed by atoms with van der Waals surface area (Å²) in [5, 5.41) is 0. The molecule has 2 heterocycles. The first-order valence-electron chi connectivity index (χ1n) is 15.2. The molecule has 3 atom stereocenters. The van der Waals surface area contributed by atoms with Crippen LogP contribution in [-0.4, -0.2) is 77.9 Å². The average molecular weight is 560 g/mol. The molecule has 8 nitrogen and oxygen atoms in total. The Balaban J connectivity index is 1.29. The summed E-state index contributed by atoms with van der Waals surface area (Å²) in [6, 6.07) is 13.0. The molecular formula is C33H41N3O5. The fourth-order valence-corrected chi connectivity index (χ4v) is 7.29. The number of imide groups is 1. The molecular weight excluding hydrogens is 518 g/mol. The molecule has 2 aliphatic carbocycles. The van der Waals surface area contributed by atoms with Crippen LogP contribution in [0.4, 0.5) is 0 Å². The second-order valence-electron chi connectivity index (χ2n) is 12.0. The van der Waals surface area contributed by atoms with Crippen molar-refractivity contribution >= 4 is 17.7 Å². The van der Waals surface area contributed by atoms with E-state index in [0.29, 0.717) is 36.1 Å². The third-order valence-corrected chi connectivity index (χ3v) is 9.58. The Hall–Kier alpha value is -3.39. The Labute approximate surface area is 242 Å². The molecule has 0 N–H and O–H groups in total. The van der Waals surface area contributed by atoms with E-state index in [4.69, 9.17) is 9.47 Å². The van der Waals surface area contributed by atoms with Crippen LogP contribution in [0.2, 0.25) is 0 Å². The number of carbonyl (C=O) groups is 3. The van der Waals surface area contributed by atoms with E-state index >= 15 is 0 Å². The van der Waals surface area contributed by atoms with Gasteiger partial charge in [0.15, 0.2) is 0 Å². The van der Waals surface area contributed by atoms with E-state index in [1.165, 1.54) is 30.6 Å². The first-order chi connectivity index (χ1) is 20.0. The summed E-state index contributed by atoms with van der Waals surface area (Å²) in [6.45, 7) is 1.56. The minimum absolute atomic E-state index is 0.151. The molecule has 6 rings (SSSR count). The van der Waals surface area contributed by atoms with Crippen LogP contribution in [0.5, 0.6) is 11.5 Å². The minimum Gasteiger partial charge on any atom is -0.497 e. The number of ether oxygens (including phenoxy) is 2. The molecule has 2 aliphatic heterocycles.